The molecular weight excluding hydrogens is 320 g/mol. The second kappa shape index (κ2) is 7.32. The molecule has 0 aliphatic carbocycles. The molecule has 1 fully saturated rings. The summed E-state index contributed by atoms with van der Waals surface area (Å²) in [5.74, 6) is 2.47. The van der Waals surface area contributed by atoms with Crippen molar-refractivity contribution in [1.29, 1.82) is 0 Å². The summed E-state index contributed by atoms with van der Waals surface area (Å²) in [6.07, 6.45) is 2.51. The Balaban J connectivity index is 1.64. The van der Waals surface area contributed by atoms with E-state index < -0.39 is 0 Å². The van der Waals surface area contributed by atoms with Crippen LogP contribution in [0.3, 0.4) is 0 Å². The molecule has 1 unspecified atom stereocenters. The number of aryl methyl sites for hydroxylation is 1. The number of hydrogen-bond acceptors (Lipinski definition) is 4. The fourth-order valence-corrected chi connectivity index (χ4v) is 3.60. The van der Waals surface area contributed by atoms with Gasteiger partial charge >= 0.3 is 0 Å². The summed E-state index contributed by atoms with van der Waals surface area (Å²) in [5.41, 5.74) is 3.54. The first kappa shape index (κ1) is 16.8. The molecule has 1 N–H and O–H groups in total. The molecule has 3 aromatic rings. The Morgan fingerprint density at radius 2 is 1.88 bits per heavy atom. The number of hydrogen-bond donors (Lipinski definition) is 1. The van der Waals surface area contributed by atoms with E-state index in [2.05, 4.69) is 60.5 Å². The summed E-state index contributed by atoms with van der Waals surface area (Å²) in [6.45, 7) is 7.26. The summed E-state index contributed by atoms with van der Waals surface area (Å²) in [6, 6.07) is 16.9. The van der Waals surface area contributed by atoms with Gasteiger partial charge in [-0.25, -0.2) is 4.98 Å². The minimum Gasteiger partial charge on any atom is -0.365 e. The highest BCUT2D eigenvalue weighted by Gasteiger charge is 2.20. The smallest absolute Gasteiger partial charge is 0.227 e. The average Bonchev–Trinajstić information content (AvgIpc) is 2.67. The molecule has 1 aliphatic heterocycles. The Morgan fingerprint density at radius 1 is 1.08 bits per heavy atom. The highest BCUT2D eigenvalue weighted by atomic mass is 15.3. The van der Waals surface area contributed by atoms with Gasteiger partial charge in [0.15, 0.2) is 0 Å². The quantitative estimate of drug-likeness (QED) is 0.738. The Labute approximate surface area is 155 Å². The zero-order valence-electron chi connectivity index (χ0n) is 15.6. The molecule has 1 aromatic heterocycles. The maximum absolute atomic E-state index is 4.90. The van der Waals surface area contributed by atoms with E-state index in [9.17, 15) is 0 Å². The molecule has 26 heavy (non-hydrogen) atoms. The predicted octanol–water partition coefficient (Wildman–Crippen LogP) is 4.79. The van der Waals surface area contributed by atoms with Crippen LogP contribution in [-0.4, -0.2) is 23.1 Å². The number of nitrogens with zero attached hydrogens (tertiary/aromatic N) is 3. The van der Waals surface area contributed by atoms with Crippen LogP contribution < -0.4 is 10.2 Å². The molecule has 4 rings (SSSR count). The summed E-state index contributed by atoms with van der Waals surface area (Å²) >= 11 is 0. The maximum atomic E-state index is 4.90. The van der Waals surface area contributed by atoms with Gasteiger partial charge in [0.1, 0.15) is 5.82 Å². The molecule has 1 aliphatic rings. The summed E-state index contributed by atoms with van der Waals surface area (Å²) < 4.78 is 0. The lowest BCUT2D eigenvalue weighted by Gasteiger charge is -2.31. The van der Waals surface area contributed by atoms with Gasteiger partial charge in [-0.05, 0) is 43.4 Å². The van der Waals surface area contributed by atoms with E-state index in [4.69, 9.17) is 9.97 Å². The number of benzene rings is 2. The van der Waals surface area contributed by atoms with Crippen molar-refractivity contribution in [3.05, 3.63) is 59.7 Å². The first-order valence-electron chi connectivity index (χ1n) is 9.50. The Bertz CT molecular complexity index is 888. The number of para-hydroxylation sites is 1. The van der Waals surface area contributed by atoms with Gasteiger partial charge in [0.25, 0.3) is 0 Å². The summed E-state index contributed by atoms with van der Waals surface area (Å²) in [7, 11) is 0. The second-order valence-corrected chi connectivity index (χ2v) is 7.42. The molecule has 4 nitrogen and oxygen atoms in total. The van der Waals surface area contributed by atoms with Gasteiger partial charge in [0, 0.05) is 25.0 Å². The topological polar surface area (TPSA) is 41.1 Å². The van der Waals surface area contributed by atoms with Crippen LogP contribution in [-0.2, 0) is 6.54 Å². The van der Waals surface area contributed by atoms with Crippen LogP contribution in [0.2, 0.25) is 0 Å². The van der Waals surface area contributed by atoms with Gasteiger partial charge in [-0.1, -0.05) is 48.9 Å². The molecule has 0 spiro atoms. The number of nitrogens with one attached hydrogen (secondary N) is 1. The van der Waals surface area contributed by atoms with Gasteiger partial charge in [0.2, 0.25) is 5.95 Å². The summed E-state index contributed by atoms with van der Waals surface area (Å²) in [5, 5.41) is 4.61. The van der Waals surface area contributed by atoms with Crippen LogP contribution in [0.1, 0.15) is 30.9 Å². The monoisotopic (exact) mass is 346 g/mol. The molecule has 1 saturated heterocycles. The van der Waals surface area contributed by atoms with Crippen LogP contribution in [0.5, 0.6) is 0 Å². The Hall–Kier alpha value is -2.62. The average molecular weight is 346 g/mol. The fraction of sp³-hybridized carbons (Fsp3) is 0.364. The van der Waals surface area contributed by atoms with Crippen molar-refractivity contribution in [2.75, 3.05) is 23.3 Å². The van der Waals surface area contributed by atoms with E-state index in [1.165, 1.54) is 24.0 Å². The van der Waals surface area contributed by atoms with Gasteiger partial charge in [-0.3, -0.25) is 0 Å². The van der Waals surface area contributed by atoms with Crippen molar-refractivity contribution in [1.82, 2.24) is 9.97 Å². The highest BCUT2D eigenvalue weighted by Crippen LogP contribution is 2.26. The van der Waals surface area contributed by atoms with Gasteiger partial charge < -0.3 is 10.2 Å². The van der Waals surface area contributed by atoms with Gasteiger partial charge in [-0.2, -0.15) is 4.98 Å². The van der Waals surface area contributed by atoms with E-state index in [1.807, 2.05) is 12.1 Å². The molecule has 4 heteroatoms. The summed E-state index contributed by atoms with van der Waals surface area (Å²) in [4.78, 5) is 12.1. The van der Waals surface area contributed by atoms with Crippen molar-refractivity contribution >= 4 is 22.7 Å². The fourth-order valence-electron chi connectivity index (χ4n) is 3.60. The van der Waals surface area contributed by atoms with Gasteiger partial charge in [-0.15, -0.1) is 0 Å². The molecule has 0 saturated carbocycles. The van der Waals surface area contributed by atoms with Crippen LogP contribution in [0, 0.1) is 12.8 Å². The molecule has 2 heterocycles. The van der Waals surface area contributed by atoms with Crippen molar-refractivity contribution in [2.45, 2.75) is 33.2 Å². The van der Waals surface area contributed by atoms with Crippen molar-refractivity contribution in [3.8, 4) is 0 Å². The number of rotatable bonds is 4. The number of piperidine rings is 1. The first-order chi connectivity index (χ1) is 12.7. The third-order valence-electron chi connectivity index (χ3n) is 5.11. The highest BCUT2D eigenvalue weighted by molar-refractivity contribution is 5.90. The second-order valence-electron chi connectivity index (χ2n) is 7.42. The van der Waals surface area contributed by atoms with Crippen LogP contribution in [0.15, 0.2) is 48.5 Å². The lowest BCUT2D eigenvalue weighted by atomic mass is 10.0. The van der Waals surface area contributed by atoms with Crippen LogP contribution in [0.4, 0.5) is 11.8 Å². The lowest BCUT2D eigenvalue weighted by molar-refractivity contribution is 0.442. The third kappa shape index (κ3) is 3.64. The minimum atomic E-state index is 0.697. The molecule has 2 aromatic carbocycles. The van der Waals surface area contributed by atoms with E-state index >= 15 is 0 Å². The minimum absolute atomic E-state index is 0.697. The third-order valence-corrected chi connectivity index (χ3v) is 5.11. The van der Waals surface area contributed by atoms with Gasteiger partial charge in [0.05, 0.1) is 5.52 Å². The first-order valence-corrected chi connectivity index (χ1v) is 9.50. The number of aromatic nitrogens is 2. The molecular formula is C22H26N4. The van der Waals surface area contributed by atoms with Crippen molar-refractivity contribution in [3.63, 3.8) is 0 Å². The zero-order chi connectivity index (χ0) is 17.9. The van der Waals surface area contributed by atoms with E-state index in [0.29, 0.717) is 5.92 Å². The van der Waals surface area contributed by atoms with E-state index in [-0.39, 0.29) is 0 Å². The van der Waals surface area contributed by atoms with Crippen LogP contribution >= 0.6 is 0 Å². The SMILES string of the molecule is Cc1ccc(CNc2nc(N3CCCC(C)C3)nc3ccccc23)cc1. The predicted molar refractivity (Wildman–Crippen MR) is 109 cm³/mol. The molecule has 0 amide bonds. The maximum Gasteiger partial charge on any atom is 0.227 e. The van der Waals surface area contributed by atoms with Crippen LogP contribution in [0.25, 0.3) is 10.9 Å². The number of fused-ring (bicyclic) bond motifs is 1. The normalized spacial score (nSPS) is 17.5. The van der Waals surface area contributed by atoms with Crippen molar-refractivity contribution < 1.29 is 0 Å². The van der Waals surface area contributed by atoms with Crippen molar-refractivity contribution in [2.24, 2.45) is 5.92 Å². The molecule has 0 radical (unpaired) electrons. The molecule has 0 bridgehead atoms. The molecule has 1 atom stereocenters. The van der Waals surface area contributed by atoms with E-state index in [1.54, 1.807) is 0 Å². The standard InChI is InChI=1S/C22H26N4/c1-16-9-11-18(12-10-16)14-23-21-19-7-3-4-8-20(19)24-22(25-21)26-13-5-6-17(2)15-26/h3-4,7-12,17H,5-6,13-15H2,1-2H3,(H,23,24,25). The zero-order valence-corrected chi connectivity index (χ0v) is 15.6. The number of anilines is 2. The molecule has 134 valence electrons. The largest absolute Gasteiger partial charge is 0.365 e. The Morgan fingerprint density at radius 3 is 2.69 bits per heavy atom. The lowest BCUT2D eigenvalue weighted by Crippen LogP contribution is -2.35. The van der Waals surface area contributed by atoms with E-state index in [0.717, 1.165) is 42.3 Å². The Kier molecular flexibility index (Phi) is 4.74.